The zero-order valence-electron chi connectivity index (χ0n) is 15.7. The number of ether oxygens (including phenoxy) is 2. The van der Waals surface area contributed by atoms with E-state index in [1.165, 1.54) is 12.8 Å². The molecule has 2 aliphatic rings. The van der Waals surface area contributed by atoms with Gasteiger partial charge in [-0.3, -0.25) is 4.79 Å². The molecule has 7 nitrogen and oxygen atoms in total. The number of hydrogen-bond donors (Lipinski definition) is 0. The monoisotopic (exact) mass is 368 g/mol. The van der Waals surface area contributed by atoms with Crippen LogP contribution in [0.3, 0.4) is 0 Å². The molecule has 0 N–H and O–H groups in total. The third-order valence-corrected chi connectivity index (χ3v) is 5.13. The van der Waals surface area contributed by atoms with Crippen molar-refractivity contribution in [3.8, 4) is 11.5 Å². The number of carbonyl (C=O) groups excluding carboxylic acids is 1. The van der Waals surface area contributed by atoms with Crippen LogP contribution in [0.2, 0.25) is 0 Å². The normalized spacial score (nSPS) is 17.0. The summed E-state index contributed by atoms with van der Waals surface area (Å²) in [5, 5.41) is 0. The highest BCUT2D eigenvalue weighted by atomic mass is 16.5. The maximum atomic E-state index is 12.9. The number of rotatable bonds is 5. The maximum Gasteiger partial charge on any atom is 0.257 e. The van der Waals surface area contributed by atoms with Crippen molar-refractivity contribution < 1.29 is 14.3 Å². The zero-order valence-corrected chi connectivity index (χ0v) is 15.7. The Morgan fingerprint density at radius 1 is 1.07 bits per heavy atom. The van der Waals surface area contributed by atoms with Gasteiger partial charge >= 0.3 is 0 Å². The van der Waals surface area contributed by atoms with Gasteiger partial charge in [-0.25, -0.2) is 9.97 Å². The standard InChI is InChI=1S/C20H24N4O3/c1-26-15-5-6-16(17(13-15)27-2)20(25)24-11-9-23(10-12-24)18-7-8-21-19(22-18)14-3-4-14/h5-8,13-14H,3-4,9-12H2,1-2H3. The second kappa shape index (κ2) is 7.42. The number of carbonyl (C=O) groups is 1. The van der Waals surface area contributed by atoms with Gasteiger partial charge in [0, 0.05) is 44.4 Å². The van der Waals surface area contributed by atoms with Crippen LogP contribution in [0.1, 0.15) is 34.9 Å². The summed E-state index contributed by atoms with van der Waals surface area (Å²) in [6, 6.07) is 7.24. The Hall–Kier alpha value is -2.83. The van der Waals surface area contributed by atoms with E-state index < -0.39 is 0 Å². The fraction of sp³-hybridized carbons (Fsp3) is 0.450. The highest BCUT2D eigenvalue weighted by molar-refractivity contribution is 5.97. The van der Waals surface area contributed by atoms with Gasteiger partial charge in [0.05, 0.1) is 19.8 Å². The Morgan fingerprint density at radius 2 is 1.85 bits per heavy atom. The molecule has 0 spiro atoms. The fourth-order valence-corrected chi connectivity index (χ4v) is 3.36. The van der Waals surface area contributed by atoms with Crippen LogP contribution in [0.5, 0.6) is 11.5 Å². The first-order valence-corrected chi connectivity index (χ1v) is 9.29. The Morgan fingerprint density at radius 3 is 2.52 bits per heavy atom. The molecule has 2 fully saturated rings. The van der Waals surface area contributed by atoms with E-state index in [9.17, 15) is 4.79 Å². The smallest absolute Gasteiger partial charge is 0.257 e. The van der Waals surface area contributed by atoms with E-state index >= 15 is 0 Å². The van der Waals surface area contributed by atoms with E-state index in [-0.39, 0.29) is 5.91 Å². The predicted molar refractivity (Wildman–Crippen MR) is 102 cm³/mol. The van der Waals surface area contributed by atoms with Crippen LogP contribution in [-0.4, -0.2) is 61.2 Å². The molecule has 27 heavy (non-hydrogen) atoms. The summed E-state index contributed by atoms with van der Waals surface area (Å²) in [5.41, 5.74) is 0.560. The molecule has 1 aliphatic heterocycles. The third kappa shape index (κ3) is 3.67. The van der Waals surface area contributed by atoms with Gasteiger partial charge in [-0.2, -0.15) is 0 Å². The number of benzene rings is 1. The quantitative estimate of drug-likeness (QED) is 0.807. The lowest BCUT2D eigenvalue weighted by molar-refractivity contribution is 0.0743. The maximum absolute atomic E-state index is 12.9. The molecule has 0 unspecified atom stereocenters. The van der Waals surface area contributed by atoms with Crippen molar-refractivity contribution in [1.82, 2.24) is 14.9 Å². The number of amides is 1. The summed E-state index contributed by atoms with van der Waals surface area (Å²) in [5.74, 6) is 3.64. The molecule has 1 aromatic carbocycles. The summed E-state index contributed by atoms with van der Waals surface area (Å²) in [6.07, 6.45) is 4.22. The Balaban J connectivity index is 1.43. The topological polar surface area (TPSA) is 67.8 Å². The van der Waals surface area contributed by atoms with Gasteiger partial charge in [-0.1, -0.05) is 0 Å². The molecule has 7 heteroatoms. The number of anilines is 1. The second-order valence-electron chi connectivity index (χ2n) is 6.89. The van der Waals surface area contributed by atoms with E-state index in [1.807, 2.05) is 17.2 Å². The summed E-state index contributed by atoms with van der Waals surface area (Å²) < 4.78 is 10.6. The van der Waals surface area contributed by atoms with Crippen LogP contribution in [0.15, 0.2) is 30.5 Å². The summed E-state index contributed by atoms with van der Waals surface area (Å²) in [4.78, 5) is 26.1. The van der Waals surface area contributed by atoms with Crippen molar-refractivity contribution in [2.75, 3.05) is 45.3 Å². The van der Waals surface area contributed by atoms with Crippen LogP contribution in [0.25, 0.3) is 0 Å². The number of methoxy groups -OCH3 is 2. The van der Waals surface area contributed by atoms with Gasteiger partial charge in [0.2, 0.25) is 0 Å². The van der Waals surface area contributed by atoms with E-state index in [0.29, 0.717) is 36.1 Å². The van der Waals surface area contributed by atoms with Crippen molar-refractivity contribution in [3.05, 3.63) is 41.9 Å². The van der Waals surface area contributed by atoms with E-state index in [4.69, 9.17) is 14.5 Å². The first kappa shape index (κ1) is 17.6. The van der Waals surface area contributed by atoms with Crippen molar-refractivity contribution in [1.29, 1.82) is 0 Å². The van der Waals surface area contributed by atoms with Crippen molar-refractivity contribution in [2.24, 2.45) is 0 Å². The molecule has 2 heterocycles. The van der Waals surface area contributed by atoms with Crippen molar-refractivity contribution in [3.63, 3.8) is 0 Å². The molecule has 2 aromatic rings. The van der Waals surface area contributed by atoms with Gasteiger partial charge < -0.3 is 19.3 Å². The summed E-state index contributed by atoms with van der Waals surface area (Å²) >= 11 is 0. The zero-order chi connectivity index (χ0) is 18.8. The average molecular weight is 368 g/mol. The lowest BCUT2D eigenvalue weighted by Gasteiger charge is -2.35. The molecule has 1 saturated carbocycles. The van der Waals surface area contributed by atoms with Crippen LogP contribution in [0.4, 0.5) is 5.82 Å². The Bertz CT molecular complexity index is 830. The number of piperazine rings is 1. The molecule has 1 saturated heterocycles. The van der Waals surface area contributed by atoms with Gasteiger partial charge in [0.25, 0.3) is 5.91 Å². The predicted octanol–water partition coefficient (Wildman–Crippen LogP) is 2.33. The molecule has 0 radical (unpaired) electrons. The lowest BCUT2D eigenvalue weighted by atomic mass is 10.1. The van der Waals surface area contributed by atoms with E-state index in [2.05, 4.69) is 9.88 Å². The number of aromatic nitrogens is 2. The van der Waals surface area contributed by atoms with Crippen LogP contribution in [-0.2, 0) is 0 Å². The van der Waals surface area contributed by atoms with Gasteiger partial charge in [0.15, 0.2) is 0 Å². The SMILES string of the molecule is COc1ccc(C(=O)N2CCN(c3ccnc(C4CC4)n3)CC2)c(OC)c1. The van der Waals surface area contributed by atoms with E-state index in [1.54, 1.807) is 32.4 Å². The largest absolute Gasteiger partial charge is 0.497 e. The van der Waals surface area contributed by atoms with Crippen molar-refractivity contribution >= 4 is 11.7 Å². The Kier molecular flexibility index (Phi) is 4.83. The van der Waals surface area contributed by atoms with Crippen LogP contribution >= 0.6 is 0 Å². The van der Waals surface area contributed by atoms with Gasteiger partial charge in [-0.05, 0) is 31.0 Å². The summed E-state index contributed by atoms with van der Waals surface area (Å²) in [6.45, 7) is 2.81. The van der Waals surface area contributed by atoms with E-state index in [0.717, 1.165) is 24.7 Å². The number of hydrogen-bond acceptors (Lipinski definition) is 6. The Labute approximate surface area is 158 Å². The third-order valence-electron chi connectivity index (χ3n) is 5.13. The van der Waals surface area contributed by atoms with Gasteiger partial charge in [-0.15, -0.1) is 0 Å². The second-order valence-corrected chi connectivity index (χ2v) is 6.89. The first-order chi connectivity index (χ1) is 13.2. The van der Waals surface area contributed by atoms with Crippen LogP contribution < -0.4 is 14.4 Å². The summed E-state index contributed by atoms with van der Waals surface area (Å²) in [7, 11) is 3.16. The minimum atomic E-state index is -0.0180. The average Bonchev–Trinajstić information content (AvgIpc) is 3.58. The molecule has 1 amide bonds. The molecular weight excluding hydrogens is 344 g/mol. The highest BCUT2D eigenvalue weighted by Gasteiger charge is 2.28. The molecule has 0 atom stereocenters. The lowest BCUT2D eigenvalue weighted by Crippen LogP contribution is -2.49. The molecule has 1 aromatic heterocycles. The van der Waals surface area contributed by atoms with Crippen molar-refractivity contribution in [2.45, 2.75) is 18.8 Å². The van der Waals surface area contributed by atoms with Crippen LogP contribution in [0, 0.1) is 0 Å². The minimum Gasteiger partial charge on any atom is -0.497 e. The molecule has 1 aliphatic carbocycles. The molecule has 0 bridgehead atoms. The molecule has 142 valence electrons. The number of nitrogens with zero attached hydrogens (tertiary/aromatic N) is 4. The first-order valence-electron chi connectivity index (χ1n) is 9.29. The highest BCUT2D eigenvalue weighted by Crippen LogP contribution is 2.38. The van der Waals surface area contributed by atoms with Gasteiger partial charge in [0.1, 0.15) is 23.1 Å². The fourth-order valence-electron chi connectivity index (χ4n) is 3.36. The minimum absolute atomic E-state index is 0.0180. The molecule has 4 rings (SSSR count). The molecular formula is C20H24N4O3.